The van der Waals surface area contributed by atoms with Crippen molar-refractivity contribution in [2.45, 2.75) is 31.7 Å². The average molecular weight is 296 g/mol. The van der Waals surface area contributed by atoms with Gasteiger partial charge in [0, 0.05) is 49.7 Å². The van der Waals surface area contributed by atoms with Gasteiger partial charge in [-0.05, 0) is 43.5 Å². The van der Waals surface area contributed by atoms with Crippen LogP contribution in [0.5, 0.6) is 0 Å². The first kappa shape index (κ1) is 13.8. The van der Waals surface area contributed by atoms with Gasteiger partial charge in [0.2, 0.25) is 0 Å². The SMILES string of the molecule is c1ccc(N2CCCC2)c(CN2CC[C@H](c3ccn[nH]3)C2)c1. The molecule has 1 aromatic heterocycles. The third-order valence-electron chi connectivity index (χ3n) is 5.07. The van der Waals surface area contributed by atoms with Crippen LogP contribution >= 0.6 is 0 Å². The van der Waals surface area contributed by atoms with E-state index in [0.717, 1.165) is 13.1 Å². The molecule has 116 valence electrons. The number of H-pyrrole nitrogens is 1. The first-order valence-electron chi connectivity index (χ1n) is 8.44. The number of benzene rings is 1. The lowest BCUT2D eigenvalue weighted by atomic mass is 10.1. The number of anilines is 1. The summed E-state index contributed by atoms with van der Waals surface area (Å²) in [7, 11) is 0. The zero-order valence-corrected chi connectivity index (χ0v) is 13.0. The summed E-state index contributed by atoms with van der Waals surface area (Å²) < 4.78 is 0. The van der Waals surface area contributed by atoms with E-state index < -0.39 is 0 Å². The Labute approximate surface area is 132 Å². The molecule has 2 aliphatic rings. The van der Waals surface area contributed by atoms with Crippen molar-refractivity contribution in [2.75, 3.05) is 31.1 Å². The van der Waals surface area contributed by atoms with Crippen molar-refractivity contribution in [1.82, 2.24) is 15.1 Å². The van der Waals surface area contributed by atoms with Gasteiger partial charge in [-0.2, -0.15) is 5.10 Å². The minimum absolute atomic E-state index is 0.612. The Hall–Kier alpha value is -1.81. The van der Waals surface area contributed by atoms with Crippen LogP contribution in [0.4, 0.5) is 5.69 Å². The molecule has 0 bridgehead atoms. The van der Waals surface area contributed by atoms with E-state index in [4.69, 9.17) is 0 Å². The molecule has 0 aliphatic carbocycles. The van der Waals surface area contributed by atoms with Gasteiger partial charge in [-0.15, -0.1) is 0 Å². The number of hydrogen-bond donors (Lipinski definition) is 1. The molecule has 4 nitrogen and oxygen atoms in total. The zero-order chi connectivity index (χ0) is 14.8. The van der Waals surface area contributed by atoms with Crippen molar-refractivity contribution >= 4 is 5.69 Å². The third-order valence-corrected chi connectivity index (χ3v) is 5.07. The van der Waals surface area contributed by atoms with E-state index in [-0.39, 0.29) is 0 Å². The largest absolute Gasteiger partial charge is 0.371 e. The average Bonchev–Trinajstić information content (AvgIpc) is 3.30. The normalized spacial score (nSPS) is 22.5. The summed E-state index contributed by atoms with van der Waals surface area (Å²) in [4.78, 5) is 5.14. The molecule has 0 unspecified atom stereocenters. The lowest BCUT2D eigenvalue weighted by Crippen LogP contribution is -2.24. The third kappa shape index (κ3) is 2.75. The molecular weight excluding hydrogens is 272 g/mol. The van der Waals surface area contributed by atoms with Crippen LogP contribution in [0, 0.1) is 0 Å². The van der Waals surface area contributed by atoms with Gasteiger partial charge >= 0.3 is 0 Å². The van der Waals surface area contributed by atoms with Gasteiger partial charge in [0.25, 0.3) is 0 Å². The molecular formula is C18H24N4. The number of likely N-dealkylation sites (tertiary alicyclic amines) is 1. The van der Waals surface area contributed by atoms with Gasteiger partial charge in [-0.3, -0.25) is 10.00 Å². The standard InChI is InChI=1S/C18H24N4/c1-2-6-18(22-10-3-4-11-22)16(5-1)14-21-12-8-15(13-21)17-7-9-19-20-17/h1-2,5-7,9,15H,3-4,8,10-14H2,(H,19,20)/t15-/m0/s1. The molecule has 2 aromatic rings. The monoisotopic (exact) mass is 296 g/mol. The summed E-state index contributed by atoms with van der Waals surface area (Å²) in [5, 5.41) is 7.23. The van der Waals surface area contributed by atoms with Gasteiger partial charge in [0.15, 0.2) is 0 Å². The summed E-state index contributed by atoms with van der Waals surface area (Å²) in [6, 6.07) is 11.1. The Bertz CT molecular complexity index is 601. The molecule has 1 N–H and O–H groups in total. The summed E-state index contributed by atoms with van der Waals surface area (Å²) in [5.74, 6) is 0.612. The fourth-order valence-corrected chi connectivity index (χ4v) is 3.88. The van der Waals surface area contributed by atoms with Crippen LogP contribution in [0.2, 0.25) is 0 Å². The Kier molecular flexibility index (Phi) is 3.85. The minimum Gasteiger partial charge on any atom is -0.371 e. The Morgan fingerprint density at radius 3 is 2.77 bits per heavy atom. The first-order valence-corrected chi connectivity index (χ1v) is 8.44. The second-order valence-electron chi connectivity index (χ2n) is 6.56. The van der Waals surface area contributed by atoms with E-state index in [2.05, 4.69) is 50.3 Å². The van der Waals surface area contributed by atoms with Gasteiger partial charge in [-0.25, -0.2) is 0 Å². The van der Waals surface area contributed by atoms with Gasteiger partial charge < -0.3 is 4.90 Å². The highest BCUT2D eigenvalue weighted by Crippen LogP contribution is 2.30. The summed E-state index contributed by atoms with van der Waals surface area (Å²) in [6.45, 7) is 5.81. The highest BCUT2D eigenvalue weighted by Gasteiger charge is 2.25. The second-order valence-corrected chi connectivity index (χ2v) is 6.56. The number of aromatic amines is 1. The molecule has 4 heteroatoms. The number of hydrogen-bond acceptors (Lipinski definition) is 3. The molecule has 2 aliphatic heterocycles. The highest BCUT2D eigenvalue weighted by molar-refractivity contribution is 5.54. The molecule has 0 radical (unpaired) electrons. The number of nitrogens with zero attached hydrogens (tertiary/aromatic N) is 3. The smallest absolute Gasteiger partial charge is 0.0490 e. The maximum absolute atomic E-state index is 4.09. The van der Waals surface area contributed by atoms with Crippen molar-refractivity contribution in [2.24, 2.45) is 0 Å². The summed E-state index contributed by atoms with van der Waals surface area (Å²) in [5.41, 5.74) is 4.22. The van der Waals surface area contributed by atoms with Crippen molar-refractivity contribution in [3.63, 3.8) is 0 Å². The quantitative estimate of drug-likeness (QED) is 0.942. The number of rotatable bonds is 4. The molecule has 0 spiro atoms. The fourth-order valence-electron chi connectivity index (χ4n) is 3.88. The van der Waals surface area contributed by atoms with Crippen LogP contribution < -0.4 is 4.90 Å². The maximum Gasteiger partial charge on any atom is 0.0490 e. The van der Waals surface area contributed by atoms with Crippen molar-refractivity contribution in [3.8, 4) is 0 Å². The molecule has 4 rings (SSSR count). The van der Waals surface area contributed by atoms with E-state index in [0.29, 0.717) is 5.92 Å². The topological polar surface area (TPSA) is 35.2 Å². The van der Waals surface area contributed by atoms with Gasteiger partial charge in [0.05, 0.1) is 0 Å². The predicted octanol–water partition coefficient (Wildman–Crippen LogP) is 3.00. The van der Waals surface area contributed by atoms with Gasteiger partial charge in [-0.1, -0.05) is 18.2 Å². The Morgan fingerprint density at radius 1 is 1.09 bits per heavy atom. The van der Waals surface area contributed by atoms with E-state index in [1.54, 1.807) is 0 Å². The number of para-hydroxylation sites is 1. The van der Waals surface area contributed by atoms with E-state index in [9.17, 15) is 0 Å². The molecule has 22 heavy (non-hydrogen) atoms. The van der Waals surface area contributed by atoms with Crippen LogP contribution in [-0.2, 0) is 6.54 Å². The molecule has 1 aromatic carbocycles. The summed E-state index contributed by atoms with van der Waals surface area (Å²) in [6.07, 6.45) is 5.76. The number of nitrogens with one attached hydrogen (secondary N) is 1. The van der Waals surface area contributed by atoms with Crippen molar-refractivity contribution < 1.29 is 0 Å². The second kappa shape index (κ2) is 6.13. The van der Waals surface area contributed by atoms with Gasteiger partial charge in [0.1, 0.15) is 0 Å². The van der Waals surface area contributed by atoms with Crippen LogP contribution in [0.25, 0.3) is 0 Å². The maximum atomic E-state index is 4.09. The zero-order valence-electron chi connectivity index (χ0n) is 13.0. The molecule has 3 heterocycles. The fraction of sp³-hybridized carbons (Fsp3) is 0.500. The van der Waals surface area contributed by atoms with Crippen molar-refractivity contribution in [1.29, 1.82) is 0 Å². The van der Waals surface area contributed by atoms with E-state index in [1.807, 2.05) is 6.20 Å². The van der Waals surface area contributed by atoms with Crippen LogP contribution in [0.3, 0.4) is 0 Å². The summed E-state index contributed by atoms with van der Waals surface area (Å²) >= 11 is 0. The molecule has 0 amide bonds. The van der Waals surface area contributed by atoms with E-state index in [1.165, 1.54) is 55.8 Å². The highest BCUT2D eigenvalue weighted by atomic mass is 15.2. The molecule has 1 atom stereocenters. The lowest BCUT2D eigenvalue weighted by Gasteiger charge is -2.24. The molecule has 2 fully saturated rings. The van der Waals surface area contributed by atoms with Crippen molar-refractivity contribution in [3.05, 3.63) is 47.8 Å². The Balaban J connectivity index is 1.45. The molecule has 0 saturated carbocycles. The Morgan fingerprint density at radius 2 is 1.95 bits per heavy atom. The van der Waals surface area contributed by atoms with E-state index >= 15 is 0 Å². The lowest BCUT2D eigenvalue weighted by molar-refractivity contribution is 0.326. The first-order chi connectivity index (χ1) is 10.9. The van der Waals surface area contributed by atoms with Crippen LogP contribution in [-0.4, -0.2) is 41.3 Å². The molecule has 2 saturated heterocycles. The number of aromatic nitrogens is 2. The predicted molar refractivity (Wildman–Crippen MR) is 89.1 cm³/mol. The van der Waals surface area contributed by atoms with Crippen LogP contribution in [0.1, 0.15) is 36.4 Å². The van der Waals surface area contributed by atoms with Crippen LogP contribution in [0.15, 0.2) is 36.5 Å². The minimum atomic E-state index is 0.612.